The quantitative estimate of drug-likeness (QED) is 0.251. The SMILES string of the molecule is CCCCNC(=S)NN=C(C)c1cccc(N)c1. The highest BCUT2D eigenvalue weighted by Gasteiger charge is 1.98. The molecule has 0 heterocycles. The van der Waals surface area contributed by atoms with Crippen molar-refractivity contribution in [1.29, 1.82) is 0 Å². The van der Waals surface area contributed by atoms with Crippen molar-refractivity contribution in [1.82, 2.24) is 10.7 Å². The third-order valence-corrected chi connectivity index (χ3v) is 2.68. The molecule has 1 aromatic rings. The standard InChI is InChI=1S/C13H20N4S/c1-3-4-8-15-13(18)17-16-10(2)11-6-5-7-12(14)9-11/h5-7,9H,3-4,8,14H2,1-2H3,(H2,15,17,18). The molecule has 0 aliphatic carbocycles. The number of nitrogens with one attached hydrogen (secondary N) is 2. The Bertz CT molecular complexity index is 429. The van der Waals surface area contributed by atoms with E-state index in [4.69, 9.17) is 18.0 Å². The fraction of sp³-hybridized carbons (Fsp3) is 0.385. The molecule has 4 nitrogen and oxygen atoms in total. The molecule has 0 spiro atoms. The summed E-state index contributed by atoms with van der Waals surface area (Å²) in [6.45, 7) is 4.92. The van der Waals surface area contributed by atoms with Gasteiger partial charge < -0.3 is 11.1 Å². The van der Waals surface area contributed by atoms with Crippen LogP contribution >= 0.6 is 12.2 Å². The van der Waals surface area contributed by atoms with E-state index in [1.807, 2.05) is 31.2 Å². The van der Waals surface area contributed by atoms with Crippen molar-refractivity contribution < 1.29 is 0 Å². The first-order valence-corrected chi connectivity index (χ1v) is 6.48. The number of nitrogens with two attached hydrogens (primary N) is 1. The van der Waals surface area contributed by atoms with Gasteiger partial charge >= 0.3 is 0 Å². The minimum Gasteiger partial charge on any atom is -0.399 e. The second kappa shape index (κ2) is 7.66. The summed E-state index contributed by atoms with van der Waals surface area (Å²) in [5, 5.41) is 7.86. The molecule has 98 valence electrons. The van der Waals surface area contributed by atoms with Gasteiger partial charge in [-0.05, 0) is 43.3 Å². The van der Waals surface area contributed by atoms with Gasteiger partial charge in [-0.15, -0.1) is 0 Å². The Balaban J connectivity index is 2.49. The maximum Gasteiger partial charge on any atom is 0.186 e. The van der Waals surface area contributed by atoms with Crippen LogP contribution in [0.4, 0.5) is 5.69 Å². The van der Waals surface area contributed by atoms with Crippen molar-refractivity contribution in [2.75, 3.05) is 12.3 Å². The van der Waals surface area contributed by atoms with Crippen LogP contribution < -0.4 is 16.5 Å². The lowest BCUT2D eigenvalue weighted by atomic mass is 10.1. The first kappa shape index (κ1) is 14.4. The van der Waals surface area contributed by atoms with Crippen molar-refractivity contribution in [2.24, 2.45) is 5.10 Å². The zero-order valence-corrected chi connectivity index (χ0v) is 11.7. The Kier molecular flexibility index (Phi) is 6.14. The van der Waals surface area contributed by atoms with Crippen molar-refractivity contribution in [3.05, 3.63) is 29.8 Å². The van der Waals surface area contributed by atoms with Gasteiger partial charge in [0.25, 0.3) is 0 Å². The molecule has 0 amide bonds. The van der Waals surface area contributed by atoms with Gasteiger partial charge in [-0.3, -0.25) is 5.43 Å². The van der Waals surface area contributed by atoms with Crippen LogP contribution in [0.5, 0.6) is 0 Å². The molecule has 0 aliphatic heterocycles. The third kappa shape index (κ3) is 5.14. The molecule has 0 unspecified atom stereocenters. The molecule has 1 rings (SSSR count). The van der Waals surface area contributed by atoms with E-state index in [1.54, 1.807) is 0 Å². The molecule has 18 heavy (non-hydrogen) atoms. The van der Waals surface area contributed by atoms with Crippen molar-refractivity contribution >= 4 is 28.7 Å². The van der Waals surface area contributed by atoms with E-state index in [0.29, 0.717) is 5.11 Å². The van der Waals surface area contributed by atoms with Crippen LogP contribution in [0.15, 0.2) is 29.4 Å². The largest absolute Gasteiger partial charge is 0.399 e. The highest BCUT2D eigenvalue weighted by molar-refractivity contribution is 7.80. The monoisotopic (exact) mass is 264 g/mol. The van der Waals surface area contributed by atoms with Crippen molar-refractivity contribution in [3.63, 3.8) is 0 Å². The number of hydrogen-bond donors (Lipinski definition) is 3. The van der Waals surface area contributed by atoms with Gasteiger partial charge in [0.05, 0.1) is 5.71 Å². The van der Waals surface area contributed by atoms with E-state index < -0.39 is 0 Å². The van der Waals surface area contributed by atoms with Crippen LogP contribution in [0, 0.1) is 0 Å². The first-order chi connectivity index (χ1) is 8.63. The summed E-state index contributed by atoms with van der Waals surface area (Å²) in [6.07, 6.45) is 2.24. The molecule has 0 aliphatic rings. The topological polar surface area (TPSA) is 62.4 Å². The highest BCUT2D eigenvalue weighted by Crippen LogP contribution is 2.07. The molecule has 5 heteroatoms. The van der Waals surface area contributed by atoms with Gasteiger partial charge in [-0.1, -0.05) is 25.5 Å². The van der Waals surface area contributed by atoms with E-state index in [9.17, 15) is 0 Å². The Hall–Kier alpha value is -1.62. The van der Waals surface area contributed by atoms with Gasteiger partial charge in [0.1, 0.15) is 0 Å². The molecular formula is C13H20N4S. The molecule has 0 saturated carbocycles. The summed E-state index contributed by atoms with van der Waals surface area (Å²) >= 11 is 5.11. The molecule has 0 fully saturated rings. The Morgan fingerprint density at radius 3 is 2.89 bits per heavy atom. The maximum atomic E-state index is 5.72. The maximum absolute atomic E-state index is 5.72. The van der Waals surface area contributed by atoms with Crippen LogP contribution in [0.3, 0.4) is 0 Å². The predicted octanol–water partition coefficient (Wildman–Crippen LogP) is 2.26. The van der Waals surface area contributed by atoms with Gasteiger partial charge in [0.2, 0.25) is 0 Å². The molecule has 0 radical (unpaired) electrons. The molecule has 1 aromatic carbocycles. The number of hydrogen-bond acceptors (Lipinski definition) is 3. The summed E-state index contributed by atoms with van der Waals surface area (Å²) in [6, 6.07) is 7.60. The smallest absolute Gasteiger partial charge is 0.186 e. The number of anilines is 1. The minimum absolute atomic E-state index is 0.548. The Morgan fingerprint density at radius 1 is 1.44 bits per heavy atom. The van der Waals surface area contributed by atoms with Gasteiger partial charge in [-0.25, -0.2) is 0 Å². The molecule has 0 bridgehead atoms. The van der Waals surface area contributed by atoms with Crippen LogP contribution in [0.25, 0.3) is 0 Å². The third-order valence-electron chi connectivity index (χ3n) is 2.45. The Morgan fingerprint density at radius 2 is 2.22 bits per heavy atom. The van der Waals surface area contributed by atoms with E-state index in [2.05, 4.69) is 22.8 Å². The second-order valence-corrected chi connectivity index (χ2v) is 4.45. The lowest BCUT2D eigenvalue weighted by Crippen LogP contribution is -2.33. The zero-order valence-electron chi connectivity index (χ0n) is 10.9. The second-order valence-electron chi connectivity index (χ2n) is 4.04. The van der Waals surface area contributed by atoms with Crippen LogP contribution in [-0.2, 0) is 0 Å². The van der Waals surface area contributed by atoms with E-state index >= 15 is 0 Å². The van der Waals surface area contributed by atoms with Crippen molar-refractivity contribution in [2.45, 2.75) is 26.7 Å². The number of benzene rings is 1. The number of nitrogens with zero attached hydrogens (tertiary/aromatic N) is 1. The number of unbranched alkanes of at least 4 members (excludes halogenated alkanes) is 1. The number of rotatable bonds is 5. The lowest BCUT2D eigenvalue weighted by molar-refractivity contribution is 0.745. The molecule has 4 N–H and O–H groups in total. The fourth-order valence-corrected chi connectivity index (χ4v) is 1.53. The highest BCUT2D eigenvalue weighted by atomic mass is 32.1. The van der Waals surface area contributed by atoms with Gasteiger partial charge in [-0.2, -0.15) is 5.10 Å². The van der Waals surface area contributed by atoms with Crippen LogP contribution in [-0.4, -0.2) is 17.4 Å². The van der Waals surface area contributed by atoms with Crippen LogP contribution in [0.1, 0.15) is 32.3 Å². The van der Waals surface area contributed by atoms with E-state index in [-0.39, 0.29) is 0 Å². The average Bonchev–Trinajstić information content (AvgIpc) is 2.36. The molecule has 0 aromatic heterocycles. The summed E-state index contributed by atoms with van der Waals surface area (Å²) < 4.78 is 0. The van der Waals surface area contributed by atoms with E-state index in [0.717, 1.165) is 36.3 Å². The van der Waals surface area contributed by atoms with Crippen molar-refractivity contribution in [3.8, 4) is 0 Å². The molecular weight excluding hydrogens is 244 g/mol. The van der Waals surface area contributed by atoms with Gasteiger partial charge in [0, 0.05) is 12.2 Å². The molecule has 0 saturated heterocycles. The number of nitrogen functional groups attached to an aromatic ring is 1. The summed E-state index contributed by atoms with van der Waals surface area (Å²) in [4.78, 5) is 0. The summed E-state index contributed by atoms with van der Waals surface area (Å²) in [7, 11) is 0. The van der Waals surface area contributed by atoms with Crippen LogP contribution in [0.2, 0.25) is 0 Å². The zero-order chi connectivity index (χ0) is 13.4. The number of thiocarbonyl (C=S) groups is 1. The van der Waals surface area contributed by atoms with E-state index in [1.165, 1.54) is 0 Å². The summed E-state index contributed by atoms with van der Waals surface area (Å²) in [5.74, 6) is 0. The average molecular weight is 264 g/mol. The normalized spacial score (nSPS) is 11.1. The number of hydrazone groups is 1. The predicted molar refractivity (Wildman–Crippen MR) is 81.7 cm³/mol. The fourth-order valence-electron chi connectivity index (χ4n) is 1.38. The minimum atomic E-state index is 0.548. The van der Waals surface area contributed by atoms with Gasteiger partial charge in [0.15, 0.2) is 5.11 Å². The molecule has 0 atom stereocenters. The Labute approximate surface area is 114 Å². The summed E-state index contributed by atoms with van der Waals surface area (Å²) in [5.41, 5.74) is 11.1. The first-order valence-electron chi connectivity index (χ1n) is 6.07. The lowest BCUT2D eigenvalue weighted by Gasteiger charge is -2.07.